The number of nitrogens with zero attached hydrogens (tertiary/aromatic N) is 6. The Morgan fingerprint density at radius 2 is 2.00 bits per heavy atom. The molecule has 0 bridgehead atoms. The van der Waals surface area contributed by atoms with Crippen LogP contribution in [0.15, 0.2) is 67.1 Å². The van der Waals surface area contributed by atoms with Gasteiger partial charge in [0.15, 0.2) is 5.65 Å². The predicted octanol–water partition coefficient (Wildman–Crippen LogP) is 4.72. The lowest BCUT2D eigenvalue weighted by molar-refractivity contribution is 0.0210. The second-order valence-electron chi connectivity index (χ2n) is 10.3. The Hall–Kier alpha value is -4.68. The SMILES string of the molecule is COCC[C@@H]1C[C@@H](NC(=O)Nc2c(C)c(-c3cnc4c(cnn4C)c3)nn2-c2ccccc2)[C@H](c2ccnc(F)c2)O1. The number of halogens is 1. The summed E-state index contributed by atoms with van der Waals surface area (Å²) in [6.07, 6.45) is 5.42. The second kappa shape index (κ2) is 11.7. The van der Waals surface area contributed by atoms with Gasteiger partial charge < -0.3 is 14.8 Å². The van der Waals surface area contributed by atoms with E-state index in [-0.39, 0.29) is 6.10 Å². The zero-order chi connectivity index (χ0) is 29.2. The third-order valence-corrected chi connectivity index (χ3v) is 7.46. The van der Waals surface area contributed by atoms with E-state index < -0.39 is 24.1 Å². The van der Waals surface area contributed by atoms with Crippen molar-refractivity contribution in [3.05, 3.63) is 84.2 Å². The van der Waals surface area contributed by atoms with Crippen LogP contribution in [0.1, 0.15) is 30.1 Å². The number of hydrogen-bond donors (Lipinski definition) is 2. The van der Waals surface area contributed by atoms with E-state index in [0.717, 1.165) is 27.8 Å². The number of benzene rings is 1. The molecule has 1 fully saturated rings. The molecular formula is C30H31FN8O3. The van der Waals surface area contributed by atoms with Crippen LogP contribution in [-0.2, 0) is 16.5 Å². The molecule has 0 radical (unpaired) electrons. The van der Waals surface area contributed by atoms with Gasteiger partial charge in [-0.3, -0.25) is 10.00 Å². The number of hydrogen-bond acceptors (Lipinski definition) is 7. The minimum atomic E-state index is -0.603. The number of nitrogens with one attached hydrogen (secondary N) is 2. The first kappa shape index (κ1) is 27.5. The molecule has 2 N–H and O–H groups in total. The van der Waals surface area contributed by atoms with Crippen molar-refractivity contribution in [3.8, 4) is 16.9 Å². The maximum Gasteiger partial charge on any atom is 0.320 e. The molecular weight excluding hydrogens is 539 g/mol. The summed E-state index contributed by atoms with van der Waals surface area (Å²) in [7, 11) is 3.47. The molecule has 0 unspecified atom stereocenters. The van der Waals surface area contributed by atoms with E-state index in [4.69, 9.17) is 14.6 Å². The first-order valence-corrected chi connectivity index (χ1v) is 13.7. The number of para-hydroxylation sites is 1. The van der Waals surface area contributed by atoms with Crippen molar-refractivity contribution < 1.29 is 18.7 Å². The number of carbonyl (C=O) groups is 1. The topological polar surface area (TPSA) is 121 Å². The van der Waals surface area contributed by atoms with Crippen molar-refractivity contribution in [1.82, 2.24) is 34.8 Å². The normalized spacial score (nSPS) is 18.4. The Morgan fingerprint density at radius 3 is 2.79 bits per heavy atom. The Kier molecular flexibility index (Phi) is 7.64. The van der Waals surface area contributed by atoms with Gasteiger partial charge in [0.1, 0.15) is 11.9 Å². The number of aromatic nitrogens is 6. The minimum Gasteiger partial charge on any atom is -0.385 e. The predicted molar refractivity (Wildman–Crippen MR) is 155 cm³/mol. The van der Waals surface area contributed by atoms with Crippen LogP contribution < -0.4 is 10.6 Å². The van der Waals surface area contributed by atoms with Crippen molar-refractivity contribution >= 4 is 22.9 Å². The van der Waals surface area contributed by atoms with Gasteiger partial charge in [0.2, 0.25) is 5.95 Å². The van der Waals surface area contributed by atoms with Crippen molar-refractivity contribution in [1.29, 1.82) is 0 Å². The van der Waals surface area contributed by atoms with E-state index in [1.54, 1.807) is 34.9 Å². The maximum absolute atomic E-state index is 14.0. The molecule has 11 nitrogen and oxygen atoms in total. The van der Waals surface area contributed by atoms with Crippen LogP contribution in [0.3, 0.4) is 0 Å². The molecule has 1 aliphatic rings. The van der Waals surface area contributed by atoms with Crippen LogP contribution in [-0.4, -0.2) is 61.4 Å². The van der Waals surface area contributed by atoms with Gasteiger partial charge in [0.05, 0.1) is 29.7 Å². The van der Waals surface area contributed by atoms with Gasteiger partial charge >= 0.3 is 6.03 Å². The number of carbonyl (C=O) groups excluding carboxylic acids is 1. The van der Waals surface area contributed by atoms with Gasteiger partial charge in [-0.25, -0.2) is 19.4 Å². The van der Waals surface area contributed by atoms with E-state index in [2.05, 4.69) is 25.7 Å². The van der Waals surface area contributed by atoms with Crippen molar-refractivity contribution in [2.45, 2.75) is 38.0 Å². The number of anilines is 1. The third-order valence-electron chi connectivity index (χ3n) is 7.46. The first-order chi connectivity index (χ1) is 20.4. The molecule has 5 aromatic rings. The number of fused-ring (bicyclic) bond motifs is 1. The summed E-state index contributed by atoms with van der Waals surface area (Å²) in [6, 6.07) is 13.8. The molecule has 1 aromatic carbocycles. The van der Waals surface area contributed by atoms with Gasteiger partial charge in [0.25, 0.3) is 0 Å². The van der Waals surface area contributed by atoms with Crippen LogP contribution in [0.25, 0.3) is 28.0 Å². The van der Waals surface area contributed by atoms with Gasteiger partial charge in [-0.05, 0) is 55.7 Å². The van der Waals surface area contributed by atoms with Crippen LogP contribution >= 0.6 is 0 Å². The smallest absolute Gasteiger partial charge is 0.320 e. The number of methoxy groups -OCH3 is 1. The number of rotatable bonds is 8. The summed E-state index contributed by atoms with van der Waals surface area (Å²) in [5, 5.41) is 16.1. The van der Waals surface area contributed by atoms with Crippen LogP contribution in [0.2, 0.25) is 0 Å². The zero-order valence-corrected chi connectivity index (χ0v) is 23.5. The molecule has 0 spiro atoms. The van der Waals surface area contributed by atoms with Gasteiger partial charge in [0, 0.05) is 49.7 Å². The summed E-state index contributed by atoms with van der Waals surface area (Å²) < 4.78 is 28.9. The summed E-state index contributed by atoms with van der Waals surface area (Å²) in [5.74, 6) is -0.0881. The highest BCUT2D eigenvalue weighted by Gasteiger charge is 2.37. The zero-order valence-electron chi connectivity index (χ0n) is 23.5. The fourth-order valence-corrected chi connectivity index (χ4v) is 5.40. The van der Waals surface area contributed by atoms with E-state index >= 15 is 0 Å². The van der Waals surface area contributed by atoms with Gasteiger partial charge in [-0.2, -0.15) is 14.6 Å². The van der Waals surface area contributed by atoms with Crippen molar-refractivity contribution in [2.75, 3.05) is 19.0 Å². The molecule has 4 aromatic heterocycles. The standard InChI is InChI=1S/C30H31FN8O3/c1-18-26(20-13-21-17-34-38(2)29(21)33-16-20)37-39(22-7-5-4-6-8-22)28(18)36-30(40)35-24-15-23(10-12-41-3)42-27(24)19-9-11-32-25(31)14-19/h4-9,11,13-14,16-17,23-24,27H,10,12,15H2,1-3H3,(H2,35,36,40)/t23-,24-,27+/m1/s1. The van der Waals surface area contributed by atoms with Crippen molar-refractivity contribution in [3.63, 3.8) is 0 Å². The fraction of sp³-hybridized carbons (Fsp3) is 0.300. The summed E-state index contributed by atoms with van der Waals surface area (Å²) in [4.78, 5) is 21.8. The Labute approximate surface area is 241 Å². The van der Waals surface area contributed by atoms with Gasteiger partial charge in [-0.1, -0.05) is 18.2 Å². The molecule has 0 aliphatic carbocycles. The van der Waals surface area contributed by atoms with Crippen LogP contribution in [0.5, 0.6) is 0 Å². The molecule has 0 saturated carbocycles. The average Bonchev–Trinajstić information content (AvgIpc) is 3.67. The Bertz CT molecular complexity index is 1720. The fourth-order valence-electron chi connectivity index (χ4n) is 5.40. The molecule has 2 amide bonds. The van der Waals surface area contributed by atoms with Crippen LogP contribution in [0, 0.1) is 12.9 Å². The summed E-state index contributed by atoms with van der Waals surface area (Å²) in [5.41, 5.74) is 4.41. The number of amides is 2. The van der Waals surface area contributed by atoms with Gasteiger partial charge in [-0.15, -0.1) is 0 Å². The number of aryl methyl sites for hydroxylation is 1. The lowest BCUT2D eigenvalue weighted by atomic mass is 10.0. The Balaban J connectivity index is 1.30. The third kappa shape index (κ3) is 5.46. The maximum atomic E-state index is 14.0. The minimum absolute atomic E-state index is 0.158. The molecule has 3 atom stereocenters. The lowest BCUT2D eigenvalue weighted by Crippen LogP contribution is -2.40. The second-order valence-corrected chi connectivity index (χ2v) is 10.3. The van der Waals surface area contributed by atoms with Crippen LogP contribution in [0.4, 0.5) is 15.0 Å². The summed E-state index contributed by atoms with van der Waals surface area (Å²) >= 11 is 0. The van der Waals surface area contributed by atoms with E-state index in [9.17, 15) is 9.18 Å². The Morgan fingerprint density at radius 1 is 1.17 bits per heavy atom. The lowest BCUT2D eigenvalue weighted by Gasteiger charge is -2.21. The molecule has 1 saturated heterocycles. The molecule has 6 rings (SSSR count). The average molecular weight is 571 g/mol. The number of pyridine rings is 2. The first-order valence-electron chi connectivity index (χ1n) is 13.7. The summed E-state index contributed by atoms with van der Waals surface area (Å²) in [6.45, 7) is 2.42. The number of urea groups is 1. The highest BCUT2D eigenvalue weighted by molar-refractivity contribution is 5.91. The monoisotopic (exact) mass is 570 g/mol. The molecule has 5 heterocycles. The molecule has 12 heteroatoms. The molecule has 216 valence electrons. The van der Waals surface area contributed by atoms with E-state index in [0.29, 0.717) is 36.5 Å². The van der Waals surface area contributed by atoms with E-state index in [1.165, 1.54) is 12.3 Å². The number of ether oxygens (including phenoxy) is 2. The highest BCUT2D eigenvalue weighted by Crippen LogP contribution is 2.35. The van der Waals surface area contributed by atoms with Crippen molar-refractivity contribution in [2.24, 2.45) is 7.05 Å². The quantitative estimate of drug-likeness (QED) is 0.259. The van der Waals surface area contributed by atoms with E-state index in [1.807, 2.05) is 50.4 Å². The molecule has 1 aliphatic heterocycles. The highest BCUT2D eigenvalue weighted by atomic mass is 19.1. The molecule has 42 heavy (non-hydrogen) atoms. The largest absolute Gasteiger partial charge is 0.385 e.